The molecule has 0 radical (unpaired) electrons. The molecule has 1 fully saturated rings. The molecule has 0 saturated carbocycles. The maximum Gasteiger partial charge on any atom is 0.416 e. The second-order valence-electron chi connectivity index (χ2n) is 8.60. The summed E-state index contributed by atoms with van der Waals surface area (Å²) in [5.74, 6) is 0.383. The molecule has 1 saturated heterocycles. The number of nitrogens with zero attached hydrogens (tertiary/aromatic N) is 1. The van der Waals surface area contributed by atoms with Gasteiger partial charge in [0.15, 0.2) is 0 Å². The van der Waals surface area contributed by atoms with Crippen molar-refractivity contribution >= 4 is 33.0 Å². The normalized spacial score (nSPS) is 16.7. The smallest absolute Gasteiger partial charge is 0.416 e. The van der Waals surface area contributed by atoms with Crippen LogP contribution in [0.1, 0.15) is 35.8 Å². The molecule has 5 nitrogen and oxygen atoms in total. The molecule has 0 bridgehead atoms. The van der Waals surface area contributed by atoms with E-state index in [1.807, 2.05) is 17.5 Å². The van der Waals surface area contributed by atoms with E-state index in [1.165, 1.54) is 29.5 Å². The molecule has 1 atom stereocenters. The Labute approximate surface area is 217 Å². The number of halogens is 4. The van der Waals surface area contributed by atoms with Crippen molar-refractivity contribution in [3.05, 3.63) is 81.5 Å². The molecule has 1 aromatic heterocycles. The number of piperidine rings is 1. The van der Waals surface area contributed by atoms with Gasteiger partial charge in [0.2, 0.25) is 10.0 Å². The first-order valence-electron chi connectivity index (χ1n) is 11.5. The molecule has 1 aliphatic heterocycles. The second-order valence-corrected chi connectivity index (χ2v) is 11.7. The number of benzene rings is 2. The minimum absolute atomic E-state index is 0.0771. The minimum atomic E-state index is -4.39. The molecular formula is C25H26ClF3N2O3S2. The van der Waals surface area contributed by atoms with Gasteiger partial charge in [0.05, 0.1) is 10.6 Å². The summed E-state index contributed by atoms with van der Waals surface area (Å²) in [6, 6.07) is 14.8. The van der Waals surface area contributed by atoms with E-state index in [0.29, 0.717) is 44.6 Å². The Balaban J connectivity index is 1.31. The lowest BCUT2D eigenvalue weighted by atomic mass is 10.1. The highest BCUT2D eigenvalue weighted by atomic mass is 35.5. The van der Waals surface area contributed by atoms with Crippen LogP contribution in [0, 0.1) is 0 Å². The highest BCUT2D eigenvalue weighted by Gasteiger charge is 2.30. The fourth-order valence-corrected chi connectivity index (χ4v) is 6.75. The van der Waals surface area contributed by atoms with Crippen molar-refractivity contribution in [3.8, 4) is 5.75 Å². The third-order valence-corrected chi connectivity index (χ3v) is 9.05. The van der Waals surface area contributed by atoms with Crippen LogP contribution in [0.5, 0.6) is 5.75 Å². The van der Waals surface area contributed by atoms with Crippen LogP contribution in [-0.2, 0) is 16.2 Å². The van der Waals surface area contributed by atoms with E-state index in [4.69, 9.17) is 16.3 Å². The topological polar surface area (TPSA) is 58.6 Å². The van der Waals surface area contributed by atoms with Crippen molar-refractivity contribution in [1.82, 2.24) is 9.62 Å². The first kappa shape index (κ1) is 26.9. The van der Waals surface area contributed by atoms with E-state index >= 15 is 0 Å². The monoisotopic (exact) mass is 558 g/mol. The predicted molar refractivity (Wildman–Crippen MR) is 135 cm³/mol. The molecular weight excluding hydrogens is 533 g/mol. The number of sulfonamides is 1. The zero-order valence-electron chi connectivity index (χ0n) is 19.2. The lowest BCUT2D eigenvalue weighted by molar-refractivity contribution is -0.137. The Kier molecular flexibility index (Phi) is 8.62. The quantitative estimate of drug-likeness (QED) is 0.331. The molecule has 0 aliphatic carbocycles. The van der Waals surface area contributed by atoms with Gasteiger partial charge < -0.3 is 9.64 Å². The van der Waals surface area contributed by atoms with Gasteiger partial charge in [-0.3, -0.25) is 0 Å². The van der Waals surface area contributed by atoms with Gasteiger partial charge in [0.1, 0.15) is 16.7 Å². The van der Waals surface area contributed by atoms with Crippen LogP contribution in [0.2, 0.25) is 5.02 Å². The van der Waals surface area contributed by atoms with Gasteiger partial charge in [-0.25, -0.2) is 13.1 Å². The Morgan fingerprint density at radius 2 is 1.75 bits per heavy atom. The van der Waals surface area contributed by atoms with Crippen molar-refractivity contribution in [2.45, 2.75) is 42.5 Å². The molecule has 3 aromatic rings. The van der Waals surface area contributed by atoms with Gasteiger partial charge in [-0.15, -0.1) is 11.3 Å². The fourth-order valence-electron chi connectivity index (χ4n) is 4.14. The molecule has 194 valence electrons. The van der Waals surface area contributed by atoms with Crippen LogP contribution in [0.4, 0.5) is 13.2 Å². The van der Waals surface area contributed by atoms with Crippen LogP contribution in [-0.4, -0.2) is 39.0 Å². The lowest BCUT2D eigenvalue weighted by Gasteiger charge is -2.33. The van der Waals surface area contributed by atoms with Gasteiger partial charge in [-0.05, 0) is 73.8 Å². The number of likely N-dealkylation sites (tertiary alicyclic amines) is 1. The zero-order valence-corrected chi connectivity index (χ0v) is 21.6. The lowest BCUT2D eigenvalue weighted by Crippen LogP contribution is -2.45. The molecule has 1 aliphatic rings. The van der Waals surface area contributed by atoms with E-state index in [2.05, 4.69) is 9.62 Å². The number of thiophene rings is 1. The van der Waals surface area contributed by atoms with Crippen molar-refractivity contribution in [2.24, 2.45) is 0 Å². The van der Waals surface area contributed by atoms with Gasteiger partial charge in [-0.1, -0.05) is 29.8 Å². The van der Waals surface area contributed by atoms with Crippen LogP contribution in [0.25, 0.3) is 0 Å². The maximum absolute atomic E-state index is 12.9. The van der Waals surface area contributed by atoms with E-state index in [1.54, 1.807) is 18.2 Å². The van der Waals surface area contributed by atoms with Crippen molar-refractivity contribution in [2.75, 3.05) is 19.6 Å². The van der Waals surface area contributed by atoms with Crippen molar-refractivity contribution in [1.29, 1.82) is 0 Å². The number of rotatable bonds is 9. The third kappa shape index (κ3) is 7.01. The molecule has 11 heteroatoms. The zero-order chi connectivity index (χ0) is 25.8. The Morgan fingerprint density at radius 3 is 2.36 bits per heavy atom. The Morgan fingerprint density at radius 1 is 1.06 bits per heavy atom. The number of alkyl halides is 3. The van der Waals surface area contributed by atoms with E-state index < -0.39 is 21.8 Å². The fraction of sp³-hybridized carbons (Fsp3) is 0.360. The number of ether oxygens (including phenoxy) is 1. The number of hydrogen-bond donors (Lipinski definition) is 1. The van der Waals surface area contributed by atoms with Crippen molar-refractivity contribution < 1.29 is 26.3 Å². The summed E-state index contributed by atoms with van der Waals surface area (Å²) >= 11 is 7.60. The molecule has 1 unspecified atom stereocenters. The summed E-state index contributed by atoms with van der Waals surface area (Å²) in [5, 5.41) is 2.13. The third-order valence-electron chi connectivity index (χ3n) is 6.06. The van der Waals surface area contributed by atoms with Gasteiger partial charge >= 0.3 is 6.18 Å². The molecule has 36 heavy (non-hydrogen) atoms. The van der Waals surface area contributed by atoms with Gasteiger partial charge in [0, 0.05) is 23.9 Å². The second kappa shape index (κ2) is 11.5. The van der Waals surface area contributed by atoms with Crippen LogP contribution in [0.3, 0.4) is 0 Å². The largest absolute Gasteiger partial charge is 0.485 e. The van der Waals surface area contributed by atoms with Gasteiger partial charge in [0.25, 0.3) is 0 Å². The van der Waals surface area contributed by atoms with E-state index in [9.17, 15) is 21.6 Å². The molecule has 2 heterocycles. The SMILES string of the molecule is O=S(=O)(NC1CCN(CCC(Oc2ccc(C(F)(F)F)cc2)c2cccs2)CC1)c1ccccc1Cl. The average molecular weight is 559 g/mol. The minimum Gasteiger partial charge on any atom is -0.485 e. The standard InChI is InChI=1S/C25H26ClF3N2O3S2/c26-21-4-1-2-6-24(21)36(32,33)30-19-11-14-31(15-12-19)16-13-22(23-5-3-17-35-23)34-20-9-7-18(8-10-20)25(27,28)29/h1-10,17,19,22,30H,11-16H2. The molecule has 4 rings (SSSR count). The summed E-state index contributed by atoms with van der Waals surface area (Å²) < 4.78 is 72.9. The Hall–Kier alpha value is -2.11. The van der Waals surface area contributed by atoms with Crippen molar-refractivity contribution in [3.63, 3.8) is 0 Å². The first-order chi connectivity index (χ1) is 17.1. The molecule has 2 aromatic carbocycles. The average Bonchev–Trinajstić information content (AvgIpc) is 3.37. The highest BCUT2D eigenvalue weighted by molar-refractivity contribution is 7.89. The van der Waals surface area contributed by atoms with Crippen LogP contribution in [0.15, 0.2) is 70.9 Å². The van der Waals surface area contributed by atoms with Crippen LogP contribution >= 0.6 is 22.9 Å². The summed E-state index contributed by atoms with van der Waals surface area (Å²) in [4.78, 5) is 3.32. The van der Waals surface area contributed by atoms with Crippen LogP contribution < -0.4 is 9.46 Å². The summed E-state index contributed by atoms with van der Waals surface area (Å²) in [6.07, 6.45) is -2.71. The number of nitrogens with one attached hydrogen (secondary N) is 1. The summed E-state index contributed by atoms with van der Waals surface area (Å²) in [5.41, 5.74) is -0.712. The molecule has 0 spiro atoms. The van der Waals surface area contributed by atoms with Gasteiger partial charge in [-0.2, -0.15) is 13.2 Å². The summed E-state index contributed by atoms with van der Waals surface area (Å²) in [6.45, 7) is 2.15. The maximum atomic E-state index is 12.9. The Bertz CT molecular complexity index is 1230. The summed E-state index contributed by atoms with van der Waals surface area (Å²) in [7, 11) is -3.70. The first-order valence-corrected chi connectivity index (χ1v) is 14.2. The predicted octanol–water partition coefficient (Wildman–Crippen LogP) is 6.37. The highest BCUT2D eigenvalue weighted by Crippen LogP contribution is 2.33. The molecule has 1 N–H and O–H groups in total. The number of hydrogen-bond acceptors (Lipinski definition) is 5. The van der Waals surface area contributed by atoms with E-state index in [-0.39, 0.29) is 22.1 Å². The van der Waals surface area contributed by atoms with E-state index in [0.717, 1.165) is 17.0 Å². The molecule has 0 amide bonds.